The molecule has 0 aliphatic heterocycles. The number of pyridine rings is 1. The van der Waals surface area contributed by atoms with E-state index in [2.05, 4.69) is 10.3 Å². The third-order valence-corrected chi connectivity index (χ3v) is 5.57. The molecule has 1 aromatic carbocycles. The molecule has 7 heteroatoms. The minimum Gasteiger partial charge on any atom is -0.493 e. The molecule has 2 unspecified atom stereocenters. The molecule has 2 aromatic rings. The zero-order chi connectivity index (χ0) is 19.4. The van der Waals surface area contributed by atoms with Crippen LogP contribution in [0.4, 0.5) is 0 Å². The number of nitrogens with one attached hydrogen (secondary N) is 1. The summed E-state index contributed by atoms with van der Waals surface area (Å²) in [6.45, 7) is 0. The third kappa shape index (κ3) is 4.30. The Balaban J connectivity index is 1.85. The van der Waals surface area contributed by atoms with Gasteiger partial charge in [-0.1, -0.05) is 42.1 Å². The van der Waals surface area contributed by atoms with Crippen LogP contribution in [0.5, 0.6) is 11.5 Å². The average molecular weight is 409 g/mol. The third-order valence-electron chi connectivity index (χ3n) is 5.00. The lowest BCUT2D eigenvalue weighted by molar-refractivity contribution is 0.0921. The van der Waals surface area contributed by atoms with Crippen molar-refractivity contribution >= 4 is 29.1 Å². The summed E-state index contributed by atoms with van der Waals surface area (Å²) in [6, 6.07) is 5.91. The van der Waals surface area contributed by atoms with E-state index in [1.165, 1.54) is 12.4 Å². The van der Waals surface area contributed by atoms with Crippen LogP contribution < -0.4 is 14.8 Å². The second-order valence-electron chi connectivity index (χ2n) is 6.56. The first-order valence-electron chi connectivity index (χ1n) is 8.87. The van der Waals surface area contributed by atoms with Crippen molar-refractivity contribution in [1.82, 2.24) is 10.3 Å². The summed E-state index contributed by atoms with van der Waals surface area (Å²) in [5, 5.41) is 3.62. The van der Waals surface area contributed by atoms with Gasteiger partial charge in [-0.25, -0.2) is 0 Å². The van der Waals surface area contributed by atoms with Gasteiger partial charge in [-0.15, -0.1) is 0 Å². The number of aromatic nitrogens is 1. The van der Waals surface area contributed by atoms with Crippen molar-refractivity contribution in [3.05, 3.63) is 51.8 Å². The van der Waals surface area contributed by atoms with E-state index in [-0.39, 0.29) is 33.5 Å². The summed E-state index contributed by atoms with van der Waals surface area (Å²) in [5.41, 5.74) is 1.38. The lowest BCUT2D eigenvalue weighted by Crippen LogP contribution is -2.41. The van der Waals surface area contributed by atoms with Gasteiger partial charge < -0.3 is 14.8 Å². The molecule has 144 valence electrons. The van der Waals surface area contributed by atoms with Crippen LogP contribution in [-0.2, 0) is 0 Å². The molecular weight excluding hydrogens is 387 g/mol. The summed E-state index contributed by atoms with van der Waals surface area (Å²) in [6.07, 6.45) is 6.90. The number of hydrogen-bond acceptors (Lipinski definition) is 4. The number of hydrogen-bond donors (Lipinski definition) is 1. The Labute approximate surface area is 169 Å². The van der Waals surface area contributed by atoms with Gasteiger partial charge in [-0.2, -0.15) is 0 Å². The molecule has 0 saturated heterocycles. The van der Waals surface area contributed by atoms with Crippen molar-refractivity contribution in [1.29, 1.82) is 0 Å². The number of carbonyl (C=O) groups excluding carboxylic acids is 1. The molecular formula is C20H22Cl2N2O3. The highest BCUT2D eigenvalue weighted by Crippen LogP contribution is 2.38. The lowest BCUT2D eigenvalue weighted by Gasteiger charge is -2.33. The fraction of sp³-hybridized carbons (Fsp3) is 0.400. The molecule has 27 heavy (non-hydrogen) atoms. The first kappa shape index (κ1) is 19.8. The standard InChI is InChI=1S/C20H22Cl2N2O3/c1-26-17-8-7-12(9-18(17)27-2)13-5-3-4-6-16(13)24-20(25)19-14(21)10-23-11-15(19)22/h7-11,13,16H,3-6H2,1-2H3,(H,24,25). The van der Waals surface area contributed by atoms with Gasteiger partial charge in [-0.3, -0.25) is 9.78 Å². The number of carbonyl (C=O) groups is 1. The molecule has 0 bridgehead atoms. The molecule has 1 aliphatic rings. The van der Waals surface area contributed by atoms with Gasteiger partial charge in [-0.05, 0) is 30.5 Å². The second-order valence-corrected chi connectivity index (χ2v) is 7.38. The summed E-state index contributed by atoms with van der Waals surface area (Å²) in [7, 11) is 3.23. The van der Waals surface area contributed by atoms with Crippen molar-refractivity contribution in [2.24, 2.45) is 0 Å². The number of rotatable bonds is 5. The van der Waals surface area contributed by atoms with Crippen molar-refractivity contribution in [3.63, 3.8) is 0 Å². The Morgan fingerprint density at radius 1 is 1.07 bits per heavy atom. The molecule has 1 aromatic heterocycles. The molecule has 1 aliphatic carbocycles. The lowest BCUT2D eigenvalue weighted by atomic mass is 9.79. The minimum atomic E-state index is -0.273. The number of benzene rings is 1. The molecule has 1 saturated carbocycles. The van der Waals surface area contributed by atoms with E-state index >= 15 is 0 Å². The Morgan fingerprint density at radius 3 is 2.41 bits per heavy atom. The van der Waals surface area contributed by atoms with Gasteiger partial charge in [0.1, 0.15) is 0 Å². The Kier molecular flexibility index (Phi) is 6.45. The van der Waals surface area contributed by atoms with Crippen LogP contribution in [0.1, 0.15) is 47.5 Å². The maximum atomic E-state index is 12.8. The molecule has 1 fully saturated rings. The van der Waals surface area contributed by atoms with E-state index in [0.717, 1.165) is 31.2 Å². The van der Waals surface area contributed by atoms with Crippen LogP contribution in [0.15, 0.2) is 30.6 Å². The average Bonchev–Trinajstić information content (AvgIpc) is 2.67. The summed E-state index contributed by atoms with van der Waals surface area (Å²) < 4.78 is 10.8. The van der Waals surface area contributed by atoms with Gasteiger partial charge >= 0.3 is 0 Å². The molecule has 0 radical (unpaired) electrons. The van der Waals surface area contributed by atoms with Gasteiger partial charge in [0, 0.05) is 24.4 Å². The van der Waals surface area contributed by atoms with Crippen molar-refractivity contribution < 1.29 is 14.3 Å². The Bertz CT molecular complexity index is 809. The normalized spacial score (nSPS) is 19.4. The van der Waals surface area contributed by atoms with E-state index < -0.39 is 0 Å². The topological polar surface area (TPSA) is 60.5 Å². The first-order valence-corrected chi connectivity index (χ1v) is 9.62. The predicted octanol–water partition coefficient (Wildman–Crippen LogP) is 4.86. The first-order chi connectivity index (χ1) is 13.0. The van der Waals surface area contributed by atoms with Crippen LogP contribution in [0, 0.1) is 0 Å². The number of methoxy groups -OCH3 is 2. The zero-order valence-electron chi connectivity index (χ0n) is 15.3. The van der Waals surface area contributed by atoms with Gasteiger partial charge in [0.05, 0.1) is 29.8 Å². The number of nitrogens with zero attached hydrogens (tertiary/aromatic N) is 1. The Morgan fingerprint density at radius 2 is 1.74 bits per heavy atom. The van der Waals surface area contributed by atoms with Crippen LogP contribution in [0.3, 0.4) is 0 Å². The smallest absolute Gasteiger partial charge is 0.254 e. The molecule has 0 spiro atoms. The van der Waals surface area contributed by atoms with Crippen molar-refractivity contribution in [3.8, 4) is 11.5 Å². The van der Waals surface area contributed by atoms with Crippen molar-refractivity contribution in [2.75, 3.05) is 14.2 Å². The maximum absolute atomic E-state index is 12.8. The van der Waals surface area contributed by atoms with Crippen LogP contribution in [-0.4, -0.2) is 31.2 Å². The summed E-state index contributed by atoms with van der Waals surface area (Å²) in [4.78, 5) is 16.7. The van der Waals surface area contributed by atoms with E-state index in [1.54, 1.807) is 14.2 Å². The molecule has 1 N–H and O–H groups in total. The Hall–Kier alpha value is -1.98. The monoisotopic (exact) mass is 408 g/mol. The number of ether oxygens (including phenoxy) is 2. The summed E-state index contributed by atoms with van der Waals surface area (Å²) >= 11 is 12.3. The molecule has 5 nitrogen and oxygen atoms in total. The molecule has 3 rings (SSSR count). The van der Waals surface area contributed by atoms with Gasteiger partial charge in [0.25, 0.3) is 5.91 Å². The predicted molar refractivity (Wildman–Crippen MR) is 106 cm³/mol. The largest absolute Gasteiger partial charge is 0.493 e. The van der Waals surface area contributed by atoms with E-state index in [0.29, 0.717) is 11.5 Å². The second kappa shape index (κ2) is 8.81. The van der Waals surface area contributed by atoms with Crippen LogP contribution in [0.25, 0.3) is 0 Å². The zero-order valence-corrected chi connectivity index (χ0v) is 16.8. The molecule has 2 atom stereocenters. The van der Waals surface area contributed by atoms with Crippen LogP contribution in [0.2, 0.25) is 10.0 Å². The SMILES string of the molecule is COc1ccc(C2CCCCC2NC(=O)c2c(Cl)cncc2Cl)cc1OC. The maximum Gasteiger partial charge on any atom is 0.254 e. The quantitative estimate of drug-likeness (QED) is 0.766. The van der Waals surface area contributed by atoms with Gasteiger partial charge in [0.2, 0.25) is 0 Å². The molecule has 1 heterocycles. The molecule has 1 amide bonds. The number of halogens is 2. The highest BCUT2D eigenvalue weighted by molar-refractivity contribution is 6.39. The summed E-state index contributed by atoms with van der Waals surface area (Å²) in [5.74, 6) is 1.28. The minimum absolute atomic E-state index is 0.00958. The number of amides is 1. The van der Waals surface area contributed by atoms with E-state index in [9.17, 15) is 4.79 Å². The highest BCUT2D eigenvalue weighted by atomic mass is 35.5. The fourth-order valence-electron chi connectivity index (χ4n) is 3.65. The van der Waals surface area contributed by atoms with E-state index in [1.807, 2.05) is 18.2 Å². The van der Waals surface area contributed by atoms with Crippen molar-refractivity contribution in [2.45, 2.75) is 37.6 Å². The van der Waals surface area contributed by atoms with Crippen LogP contribution >= 0.6 is 23.2 Å². The highest BCUT2D eigenvalue weighted by Gasteiger charge is 2.30. The van der Waals surface area contributed by atoms with Gasteiger partial charge in [0.15, 0.2) is 11.5 Å². The van der Waals surface area contributed by atoms with E-state index in [4.69, 9.17) is 32.7 Å². The fourth-order valence-corrected chi connectivity index (χ4v) is 4.19.